The lowest BCUT2D eigenvalue weighted by Gasteiger charge is -2.25. The number of carbonyl (C=O) groups excluding carboxylic acids is 2. The summed E-state index contributed by atoms with van der Waals surface area (Å²) < 4.78 is 38.9. The van der Waals surface area contributed by atoms with Gasteiger partial charge in [-0.3, -0.25) is 9.10 Å². The van der Waals surface area contributed by atoms with Gasteiger partial charge in [0, 0.05) is 5.56 Å². The van der Waals surface area contributed by atoms with Crippen LogP contribution in [0.25, 0.3) is 11.3 Å². The van der Waals surface area contributed by atoms with E-state index in [2.05, 4.69) is 10.5 Å². The minimum absolute atomic E-state index is 0.0793. The molecule has 0 aliphatic heterocycles. The highest BCUT2D eigenvalue weighted by Crippen LogP contribution is 2.27. The third-order valence-electron chi connectivity index (χ3n) is 5.95. The molecule has 0 aliphatic rings. The Hall–Kier alpha value is -4.70. The molecular weight excluding hydrogens is 530 g/mol. The van der Waals surface area contributed by atoms with Crippen molar-refractivity contribution in [2.24, 2.45) is 5.10 Å². The lowest BCUT2D eigenvalue weighted by Crippen LogP contribution is -2.40. The molecular formula is C30H29N3O6S. The van der Waals surface area contributed by atoms with Crippen molar-refractivity contribution in [2.75, 3.05) is 17.5 Å². The largest absolute Gasteiger partial charge is 0.462 e. The Labute approximate surface area is 233 Å². The molecule has 206 valence electrons. The molecule has 1 heterocycles. The summed E-state index contributed by atoms with van der Waals surface area (Å²) in [6.07, 6.45) is 1.91. The molecule has 9 nitrogen and oxygen atoms in total. The topological polar surface area (TPSA) is 118 Å². The van der Waals surface area contributed by atoms with Crippen molar-refractivity contribution in [2.45, 2.75) is 25.2 Å². The first-order chi connectivity index (χ1) is 19.3. The number of nitrogens with zero attached hydrogens (tertiary/aromatic N) is 2. The molecule has 1 N–H and O–H groups in total. The molecule has 0 saturated carbocycles. The average Bonchev–Trinajstić information content (AvgIpc) is 3.45. The standard InChI is InChI=1S/C30H29N3O6S/c1-3-22-10-8-9-13-27(22)33(40(36,37)26-11-6-5-7-12-26)21-29(34)32-31-20-25-18-19-28(39-25)23-14-16-24(17-15-23)30(35)38-4-2/h5-20H,3-4,21H2,1-2H3,(H,32,34)/b31-20-. The Morgan fingerprint density at radius 3 is 2.33 bits per heavy atom. The Morgan fingerprint density at radius 1 is 0.925 bits per heavy atom. The van der Waals surface area contributed by atoms with Crippen molar-refractivity contribution in [3.05, 3.63) is 108 Å². The quantitative estimate of drug-likeness (QED) is 0.156. The van der Waals surface area contributed by atoms with Crippen LogP contribution in [0.1, 0.15) is 35.5 Å². The second kappa shape index (κ2) is 12.9. The summed E-state index contributed by atoms with van der Waals surface area (Å²) in [5.74, 6) is -0.109. The van der Waals surface area contributed by atoms with Gasteiger partial charge in [-0.05, 0) is 61.4 Å². The maximum absolute atomic E-state index is 13.5. The first kappa shape index (κ1) is 28.3. The van der Waals surface area contributed by atoms with Gasteiger partial charge in [0.25, 0.3) is 15.9 Å². The maximum atomic E-state index is 13.5. The number of aryl methyl sites for hydroxylation is 1. The monoisotopic (exact) mass is 559 g/mol. The van der Waals surface area contributed by atoms with Crippen molar-refractivity contribution in [1.29, 1.82) is 0 Å². The molecule has 0 unspecified atom stereocenters. The minimum Gasteiger partial charge on any atom is -0.462 e. The fraction of sp³-hybridized carbons (Fsp3) is 0.167. The highest BCUT2D eigenvalue weighted by atomic mass is 32.2. The molecule has 0 fully saturated rings. The van der Waals surface area contributed by atoms with E-state index in [4.69, 9.17) is 9.15 Å². The van der Waals surface area contributed by atoms with Crippen LogP contribution >= 0.6 is 0 Å². The Kier molecular flexibility index (Phi) is 9.13. The molecule has 0 atom stereocenters. The third kappa shape index (κ3) is 6.65. The van der Waals surface area contributed by atoms with Gasteiger partial charge in [-0.2, -0.15) is 5.10 Å². The fourth-order valence-corrected chi connectivity index (χ4v) is 5.45. The zero-order valence-electron chi connectivity index (χ0n) is 22.1. The summed E-state index contributed by atoms with van der Waals surface area (Å²) in [5, 5.41) is 3.95. The molecule has 3 aromatic carbocycles. The van der Waals surface area contributed by atoms with Gasteiger partial charge in [-0.25, -0.2) is 18.6 Å². The van der Waals surface area contributed by atoms with Crippen molar-refractivity contribution < 1.29 is 27.2 Å². The molecule has 0 radical (unpaired) electrons. The number of esters is 1. The van der Waals surface area contributed by atoms with Crippen molar-refractivity contribution in [3.8, 4) is 11.3 Å². The number of nitrogens with one attached hydrogen (secondary N) is 1. The molecule has 4 aromatic rings. The lowest BCUT2D eigenvalue weighted by molar-refractivity contribution is -0.119. The molecule has 0 bridgehead atoms. The van der Waals surface area contributed by atoms with Crippen molar-refractivity contribution >= 4 is 33.8 Å². The SMILES string of the molecule is CCOC(=O)c1ccc(-c2ccc(/C=N\NC(=O)CN(c3ccccc3CC)S(=O)(=O)c3ccccc3)o2)cc1. The van der Waals surface area contributed by atoms with E-state index in [9.17, 15) is 18.0 Å². The molecule has 10 heteroatoms. The average molecular weight is 560 g/mol. The van der Waals surface area contributed by atoms with E-state index in [1.54, 1.807) is 73.7 Å². The van der Waals surface area contributed by atoms with Gasteiger partial charge < -0.3 is 9.15 Å². The summed E-state index contributed by atoms with van der Waals surface area (Å²) in [6, 6.07) is 25.2. The molecule has 0 saturated heterocycles. The second-order valence-corrected chi connectivity index (χ2v) is 10.5. The molecule has 1 aromatic heterocycles. The summed E-state index contributed by atoms with van der Waals surface area (Å²) in [7, 11) is -4.03. The Morgan fingerprint density at radius 2 is 1.62 bits per heavy atom. The van der Waals surface area contributed by atoms with Crippen LogP contribution < -0.4 is 9.73 Å². The zero-order valence-corrected chi connectivity index (χ0v) is 22.9. The first-order valence-electron chi connectivity index (χ1n) is 12.7. The molecule has 4 rings (SSSR count). The van der Waals surface area contributed by atoms with Crippen LogP contribution in [-0.4, -0.2) is 39.7 Å². The van der Waals surface area contributed by atoms with Gasteiger partial charge in [0.15, 0.2) is 0 Å². The summed E-state index contributed by atoms with van der Waals surface area (Å²) >= 11 is 0. The number of anilines is 1. The number of furan rings is 1. The number of ether oxygens (including phenoxy) is 1. The van der Waals surface area contributed by atoms with Gasteiger partial charge >= 0.3 is 5.97 Å². The summed E-state index contributed by atoms with van der Waals surface area (Å²) in [4.78, 5) is 24.8. The van der Waals surface area contributed by atoms with Crippen molar-refractivity contribution in [1.82, 2.24) is 5.43 Å². The van der Waals surface area contributed by atoms with Gasteiger partial charge in [0.05, 0.1) is 29.0 Å². The Balaban J connectivity index is 1.47. The van der Waals surface area contributed by atoms with E-state index in [-0.39, 0.29) is 4.90 Å². The molecule has 0 aliphatic carbocycles. The van der Waals surface area contributed by atoms with Gasteiger partial charge in [-0.1, -0.05) is 55.5 Å². The lowest BCUT2D eigenvalue weighted by atomic mass is 10.1. The van der Waals surface area contributed by atoms with Crippen LogP contribution in [0, 0.1) is 0 Å². The summed E-state index contributed by atoms with van der Waals surface area (Å²) in [6.45, 7) is 3.49. The van der Waals surface area contributed by atoms with Crippen LogP contribution in [0.4, 0.5) is 5.69 Å². The van der Waals surface area contributed by atoms with E-state index in [0.29, 0.717) is 35.8 Å². The fourth-order valence-electron chi connectivity index (χ4n) is 3.97. The highest BCUT2D eigenvalue weighted by Gasteiger charge is 2.28. The third-order valence-corrected chi connectivity index (χ3v) is 7.72. The normalized spacial score (nSPS) is 11.3. The first-order valence-corrected chi connectivity index (χ1v) is 14.1. The number of benzene rings is 3. The number of amides is 1. The number of para-hydroxylation sites is 1. The van der Waals surface area contributed by atoms with Crippen molar-refractivity contribution in [3.63, 3.8) is 0 Å². The number of hydrazone groups is 1. The van der Waals surface area contributed by atoms with Crippen LogP contribution in [0.3, 0.4) is 0 Å². The van der Waals surface area contributed by atoms with E-state index in [1.807, 2.05) is 19.1 Å². The van der Waals surface area contributed by atoms with Crippen LogP contribution in [-0.2, 0) is 26.0 Å². The number of sulfonamides is 1. The van der Waals surface area contributed by atoms with E-state index < -0.39 is 28.4 Å². The second-order valence-electron chi connectivity index (χ2n) is 8.60. The molecule has 0 spiro atoms. The zero-order chi connectivity index (χ0) is 28.5. The minimum atomic E-state index is -4.03. The number of rotatable bonds is 11. The van der Waals surface area contributed by atoms with Crippen LogP contribution in [0.2, 0.25) is 0 Å². The van der Waals surface area contributed by atoms with E-state index in [0.717, 1.165) is 15.4 Å². The Bertz CT molecular complexity index is 1600. The summed E-state index contributed by atoms with van der Waals surface area (Å²) in [5.41, 5.74) is 4.78. The predicted molar refractivity (Wildman–Crippen MR) is 153 cm³/mol. The smallest absolute Gasteiger partial charge is 0.338 e. The van der Waals surface area contributed by atoms with Gasteiger partial charge in [0.1, 0.15) is 18.1 Å². The number of hydrogen-bond donors (Lipinski definition) is 1. The predicted octanol–water partition coefficient (Wildman–Crippen LogP) is 5.03. The number of hydrogen-bond acceptors (Lipinski definition) is 7. The van der Waals surface area contributed by atoms with Gasteiger partial charge in [0.2, 0.25) is 0 Å². The van der Waals surface area contributed by atoms with Crippen LogP contribution in [0.5, 0.6) is 0 Å². The van der Waals surface area contributed by atoms with E-state index in [1.165, 1.54) is 18.3 Å². The highest BCUT2D eigenvalue weighted by molar-refractivity contribution is 7.92. The number of carbonyl (C=O) groups is 2. The molecule has 40 heavy (non-hydrogen) atoms. The maximum Gasteiger partial charge on any atom is 0.338 e. The van der Waals surface area contributed by atoms with Crippen LogP contribution in [0.15, 0.2) is 105 Å². The van der Waals surface area contributed by atoms with E-state index >= 15 is 0 Å². The van der Waals surface area contributed by atoms with Gasteiger partial charge in [-0.15, -0.1) is 0 Å². The molecule has 1 amide bonds.